The van der Waals surface area contributed by atoms with Gasteiger partial charge in [0.25, 0.3) is 16.8 Å². The first-order valence-corrected chi connectivity index (χ1v) is 9.53. The van der Waals surface area contributed by atoms with Gasteiger partial charge < -0.3 is 0 Å². The molecule has 6 nitrogen and oxygen atoms in total. The number of hydrogen-bond donors (Lipinski definition) is 0. The van der Waals surface area contributed by atoms with E-state index in [1.807, 2.05) is 0 Å². The summed E-state index contributed by atoms with van der Waals surface area (Å²) in [5.74, 6) is -0.449. The number of nitro benzene ring substituents is 1. The fourth-order valence-electron chi connectivity index (χ4n) is 2.48. The van der Waals surface area contributed by atoms with Crippen LogP contribution in [0, 0.1) is 10.1 Å². The number of rotatable bonds is 5. The van der Waals surface area contributed by atoms with E-state index in [-0.39, 0.29) is 17.1 Å². The van der Waals surface area contributed by atoms with Crippen LogP contribution in [-0.4, -0.2) is 21.0 Å². The first kappa shape index (κ1) is 20.1. The van der Waals surface area contributed by atoms with Crippen molar-refractivity contribution in [3.8, 4) is 0 Å². The molecule has 0 bridgehead atoms. The largest absolute Gasteiger partial charge is 0.293 e. The highest BCUT2D eigenvalue weighted by Gasteiger charge is 2.35. The van der Waals surface area contributed by atoms with Crippen molar-refractivity contribution in [2.75, 3.05) is 0 Å². The van der Waals surface area contributed by atoms with Gasteiger partial charge in [0.2, 0.25) is 0 Å². The number of nitrogens with zero attached hydrogens (tertiary/aromatic N) is 2. The van der Waals surface area contributed by atoms with Gasteiger partial charge in [0.1, 0.15) is 0 Å². The number of carbonyl (C=O) groups excluding carboxylic acids is 2. The standard InChI is InChI=1S/C19H12Cl2N2O4S/c20-15-7-3-8-16(21)14(15)11-22-18(24)17(28-19(22)25)9-2-5-12-4-1-6-13(10-12)23(26)27/h1-10H,11H2/b5-2+,17-9-. The van der Waals surface area contributed by atoms with Crippen LogP contribution in [0.1, 0.15) is 11.1 Å². The van der Waals surface area contributed by atoms with Gasteiger partial charge in [-0.15, -0.1) is 0 Å². The van der Waals surface area contributed by atoms with E-state index in [9.17, 15) is 19.7 Å². The molecule has 2 amide bonds. The maximum atomic E-state index is 12.5. The van der Waals surface area contributed by atoms with Crippen molar-refractivity contribution in [3.05, 3.63) is 90.8 Å². The number of imide groups is 1. The molecular formula is C19H12Cl2N2O4S. The molecule has 0 atom stereocenters. The maximum absolute atomic E-state index is 12.5. The Labute approximate surface area is 174 Å². The lowest BCUT2D eigenvalue weighted by Gasteiger charge is -2.14. The molecule has 0 aromatic heterocycles. The van der Waals surface area contributed by atoms with E-state index in [1.54, 1.807) is 42.5 Å². The number of halogens is 2. The highest BCUT2D eigenvalue weighted by molar-refractivity contribution is 8.18. The molecule has 1 aliphatic heterocycles. The molecule has 1 heterocycles. The lowest BCUT2D eigenvalue weighted by atomic mass is 10.2. The summed E-state index contributed by atoms with van der Waals surface area (Å²) in [7, 11) is 0. The van der Waals surface area contributed by atoms with Gasteiger partial charge in [-0.05, 0) is 35.5 Å². The van der Waals surface area contributed by atoms with Crippen molar-refractivity contribution < 1.29 is 14.5 Å². The summed E-state index contributed by atoms with van der Waals surface area (Å²) in [6, 6.07) is 11.0. The fourth-order valence-corrected chi connectivity index (χ4v) is 3.79. The Balaban J connectivity index is 1.76. The van der Waals surface area contributed by atoms with E-state index >= 15 is 0 Å². The lowest BCUT2D eigenvalue weighted by Crippen LogP contribution is -2.27. The third kappa shape index (κ3) is 4.44. The molecule has 1 saturated heterocycles. The molecule has 3 rings (SSSR count). The summed E-state index contributed by atoms with van der Waals surface area (Å²) in [6.45, 7) is -0.0187. The van der Waals surface area contributed by atoms with Crippen LogP contribution in [0.25, 0.3) is 6.08 Å². The molecule has 2 aromatic rings. The highest BCUT2D eigenvalue weighted by atomic mass is 35.5. The molecular weight excluding hydrogens is 423 g/mol. The fraction of sp³-hybridized carbons (Fsp3) is 0.0526. The van der Waals surface area contributed by atoms with Gasteiger partial charge in [0, 0.05) is 27.7 Å². The molecule has 0 radical (unpaired) electrons. The number of carbonyl (C=O) groups is 2. The first-order valence-electron chi connectivity index (χ1n) is 7.96. The minimum absolute atomic E-state index is 0.0187. The van der Waals surface area contributed by atoms with E-state index in [4.69, 9.17) is 23.2 Å². The van der Waals surface area contributed by atoms with E-state index in [0.29, 0.717) is 21.2 Å². The van der Waals surface area contributed by atoms with Crippen LogP contribution in [0.15, 0.2) is 59.5 Å². The molecule has 0 spiro atoms. The van der Waals surface area contributed by atoms with Gasteiger partial charge in [-0.25, -0.2) is 0 Å². The minimum atomic E-state index is -0.484. The number of non-ortho nitro benzene ring substituents is 1. The van der Waals surface area contributed by atoms with Crippen molar-refractivity contribution >= 4 is 57.9 Å². The Kier molecular flexibility index (Phi) is 6.18. The molecule has 0 N–H and O–H groups in total. The number of benzene rings is 2. The minimum Gasteiger partial charge on any atom is -0.268 e. The van der Waals surface area contributed by atoms with E-state index in [2.05, 4.69) is 0 Å². The average Bonchev–Trinajstić information content (AvgIpc) is 2.92. The normalized spacial score (nSPS) is 15.8. The van der Waals surface area contributed by atoms with Gasteiger partial charge in [-0.3, -0.25) is 24.6 Å². The Bertz CT molecular complexity index is 1020. The third-order valence-corrected chi connectivity index (χ3v) is 5.50. The predicted octanol–water partition coefficient (Wildman–Crippen LogP) is 5.69. The zero-order chi connectivity index (χ0) is 20.3. The van der Waals surface area contributed by atoms with E-state index in [0.717, 1.165) is 16.7 Å². The molecule has 0 unspecified atom stereocenters. The quantitative estimate of drug-likeness (QED) is 0.342. The van der Waals surface area contributed by atoms with Gasteiger partial charge >= 0.3 is 0 Å². The Morgan fingerprint density at radius 3 is 2.46 bits per heavy atom. The Hall–Kier alpha value is -2.61. The van der Waals surface area contributed by atoms with Gasteiger partial charge in [-0.1, -0.05) is 53.6 Å². The predicted molar refractivity (Wildman–Crippen MR) is 110 cm³/mol. The second-order valence-electron chi connectivity index (χ2n) is 5.70. The number of nitro groups is 1. The summed E-state index contributed by atoms with van der Waals surface area (Å²) in [4.78, 5) is 36.4. The number of allylic oxidation sites excluding steroid dienone is 2. The van der Waals surface area contributed by atoms with Crippen LogP contribution < -0.4 is 0 Å². The zero-order valence-electron chi connectivity index (χ0n) is 14.2. The number of thioether (sulfide) groups is 1. The van der Waals surface area contributed by atoms with E-state index in [1.165, 1.54) is 18.2 Å². The summed E-state index contributed by atoms with van der Waals surface area (Å²) in [6.07, 6.45) is 4.68. The second-order valence-corrected chi connectivity index (χ2v) is 7.51. The molecule has 0 saturated carbocycles. The second kappa shape index (κ2) is 8.60. The average molecular weight is 435 g/mol. The smallest absolute Gasteiger partial charge is 0.268 e. The summed E-state index contributed by atoms with van der Waals surface area (Å²) >= 11 is 13.0. The van der Waals surface area contributed by atoms with Crippen LogP contribution in [0.5, 0.6) is 0 Å². The SMILES string of the molecule is O=C1S/C(=C\C=C\c2cccc([N+](=O)[O-])c2)C(=O)N1Cc1c(Cl)cccc1Cl. The lowest BCUT2D eigenvalue weighted by molar-refractivity contribution is -0.384. The molecule has 142 valence electrons. The van der Waals surface area contributed by atoms with Gasteiger partial charge in [0.05, 0.1) is 16.4 Å². The van der Waals surface area contributed by atoms with Crippen molar-refractivity contribution in [1.82, 2.24) is 4.90 Å². The summed E-state index contributed by atoms with van der Waals surface area (Å²) in [5, 5.41) is 11.1. The van der Waals surface area contributed by atoms with Crippen LogP contribution in [0.3, 0.4) is 0 Å². The van der Waals surface area contributed by atoms with Crippen molar-refractivity contribution in [2.45, 2.75) is 6.54 Å². The topological polar surface area (TPSA) is 80.5 Å². The van der Waals surface area contributed by atoms with Crippen LogP contribution in [0.4, 0.5) is 10.5 Å². The maximum Gasteiger partial charge on any atom is 0.293 e. The molecule has 1 fully saturated rings. The summed E-state index contributed by atoms with van der Waals surface area (Å²) < 4.78 is 0. The Morgan fingerprint density at radius 1 is 1.11 bits per heavy atom. The van der Waals surface area contributed by atoms with Crippen molar-refractivity contribution in [3.63, 3.8) is 0 Å². The van der Waals surface area contributed by atoms with Crippen molar-refractivity contribution in [2.24, 2.45) is 0 Å². The first-order chi connectivity index (χ1) is 13.4. The van der Waals surface area contributed by atoms with Crippen LogP contribution in [-0.2, 0) is 11.3 Å². The van der Waals surface area contributed by atoms with Crippen LogP contribution in [0.2, 0.25) is 10.0 Å². The number of amides is 2. The summed E-state index contributed by atoms with van der Waals surface area (Å²) in [5.41, 5.74) is 1.08. The van der Waals surface area contributed by atoms with Gasteiger partial charge in [-0.2, -0.15) is 0 Å². The molecule has 2 aromatic carbocycles. The zero-order valence-corrected chi connectivity index (χ0v) is 16.5. The van der Waals surface area contributed by atoms with Crippen molar-refractivity contribution in [1.29, 1.82) is 0 Å². The Morgan fingerprint density at radius 2 is 1.79 bits per heavy atom. The van der Waals surface area contributed by atoms with Crippen LogP contribution >= 0.6 is 35.0 Å². The highest BCUT2D eigenvalue weighted by Crippen LogP contribution is 2.34. The third-order valence-electron chi connectivity index (χ3n) is 3.87. The number of hydrogen-bond acceptors (Lipinski definition) is 5. The monoisotopic (exact) mass is 434 g/mol. The van der Waals surface area contributed by atoms with E-state index < -0.39 is 16.1 Å². The molecule has 9 heteroatoms. The molecule has 28 heavy (non-hydrogen) atoms. The molecule has 1 aliphatic rings. The van der Waals surface area contributed by atoms with Gasteiger partial charge in [0.15, 0.2) is 0 Å². The molecule has 0 aliphatic carbocycles.